The van der Waals surface area contributed by atoms with Crippen LogP contribution in [-0.4, -0.2) is 14.5 Å². The number of halogens is 1. The Morgan fingerprint density at radius 1 is 1.33 bits per heavy atom. The molecule has 0 aliphatic carbocycles. The van der Waals surface area contributed by atoms with E-state index in [4.69, 9.17) is 0 Å². The zero-order chi connectivity index (χ0) is 11.5. The molecule has 0 heterocycles. The van der Waals surface area contributed by atoms with Gasteiger partial charge in [-0.05, 0) is 60.2 Å². The number of rotatable bonds is 4. The van der Waals surface area contributed by atoms with Gasteiger partial charge in [0.1, 0.15) is 0 Å². The SMILES string of the molecule is CC[C@@H](C)NS(=O)(=O)c1ccc(I)cc1. The molecule has 3 nitrogen and oxygen atoms in total. The molecule has 0 aliphatic heterocycles. The Hall–Kier alpha value is -0.140. The zero-order valence-corrected chi connectivity index (χ0v) is 11.7. The smallest absolute Gasteiger partial charge is 0.208 e. The van der Waals surface area contributed by atoms with Crippen molar-refractivity contribution in [1.29, 1.82) is 0 Å². The second-order valence-electron chi connectivity index (χ2n) is 3.38. The minimum atomic E-state index is -3.34. The number of hydrogen-bond donors (Lipinski definition) is 1. The van der Waals surface area contributed by atoms with Crippen molar-refractivity contribution in [2.75, 3.05) is 0 Å². The average molecular weight is 339 g/mol. The lowest BCUT2D eigenvalue weighted by Gasteiger charge is -2.11. The van der Waals surface area contributed by atoms with E-state index in [2.05, 4.69) is 27.3 Å². The number of benzene rings is 1. The summed E-state index contributed by atoms with van der Waals surface area (Å²) in [6.45, 7) is 3.80. The monoisotopic (exact) mass is 339 g/mol. The predicted octanol–water partition coefficient (Wildman–Crippen LogP) is 2.37. The van der Waals surface area contributed by atoms with Crippen molar-refractivity contribution < 1.29 is 8.42 Å². The lowest BCUT2D eigenvalue weighted by atomic mass is 10.3. The van der Waals surface area contributed by atoms with E-state index in [-0.39, 0.29) is 6.04 Å². The Kier molecular flexibility index (Phi) is 4.54. The lowest BCUT2D eigenvalue weighted by Crippen LogP contribution is -2.31. The Bertz CT molecular complexity index is 414. The van der Waals surface area contributed by atoms with Gasteiger partial charge in [-0.1, -0.05) is 6.92 Å². The second-order valence-corrected chi connectivity index (χ2v) is 6.34. The van der Waals surface area contributed by atoms with Crippen LogP contribution in [0.4, 0.5) is 0 Å². The second kappa shape index (κ2) is 5.27. The molecule has 0 bridgehead atoms. The van der Waals surface area contributed by atoms with Gasteiger partial charge in [-0.2, -0.15) is 0 Å². The number of hydrogen-bond acceptors (Lipinski definition) is 2. The Balaban J connectivity index is 2.91. The summed E-state index contributed by atoms with van der Waals surface area (Å²) in [5, 5.41) is 0. The first-order chi connectivity index (χ1) is 6.95. The summed E-state index contributed by atoms with van der Waals surface area (Å²) in [5.41, 5.74) is 0. The van der Waals surface area contributed by atoms with E-state index in [0.717, 1.165) is 9.99 Å². The highest BCUT2D eigenvalue weighted by molar-refractivity contribution is 14.1. The van der Waals surface area contributed by atoms with Crippen molar-refractivity contribution in [1.82, 2.24) is 4.72 Å². The summed E-state index contributed by atoms with van der Waals surface area (Å²) in [4.78, 5) is 0.322. The third-order valence-corrected chi connectivity index (χ3v) is 4.42. The van der Waals surface area contributed by atoms with Gasteiger partial charge in [0.05, 0.1) is 4.90 Å². The fourth-order valence-electron chi connectivity index (χ4n) is 1.03. The standard InChI is InChI=1S/C10H14INO2S/c1-3-8(2)12-15(13,14)10-6-4-9(11)5-7-10/h4-8,12H,3H2,1-2H3/t8-/m1/s1. The molecular formula is C10H14INO2S. The van der Waals surface area contributed by atoms with Crippen molar-refractivity contribution >= 4 is 32.6 Å². The zero-order valence-electron chi connectivity index (χ0n) is 8.70. The van der Waals surface area contributed by atoms with Crippen molar-refractivity contribution in [3.05, 3.63) is 27.8 Å². The molecule has 0 saturated heterocycles. The van der Waals surface area contributed by atoms with E-state index >= 15 is 0 Å². The van der Waals surface area contributed by atoms with Gasteiger partial charge in [-0.15, -0.1) is 0 Å². The molecule has 0 aromatic heterocycles. The first kappa shape index (κ1) is 12.9. The summed E-state index contributed by atoms with van der Waals surface area (Å²) in [5.74, 6) is 0. The summed E-state index contributed by atoms with van der Waals surface area (Å²) in [6, 6.07) is 6.77. The molecule has 1 rings (SSSR count). The molecule has 1 aromatic carbocycles. The molecule has 0 aliphatic rings. The summed E-state index contributed by atoms with van der Waals surface area (Å²) in [7, 11) is -3.34. The molecule has 1 N–H and O–H groups in total. The maximum Gasteiger partial charge on any atom is 0.240 e. The lowest BCUT2D eigenvalue weighted by molar-refractivity contribution is 0.556. The molecule has 84 valence electrons. The van der Waals surface area contributed by atoms with Gasteiger partial charge in [0, 0.05) is 9.61 Å². The van der Waals surface area contributed by atoms with Crippen LogP contribution in [0.25, 0.3) is 0 Å². The van der Waals surface area contributed by atoms with Crippen LogP contribution in [0.1, 0.15) is 20.3 Å². The molecule has 0 saturated carbocycles. The van der Waals surface area contributed by atoms with Crippen LogP contribution >= 0.6 is 22.6 Å². The van der Waals surface area contributed by atoms with Gasteiger partial charge in [-0.3, -0.25) is 0 Å². The van der Waals surface area contributed by atoms with E-state index in [1.54, 1.807) is 24.3 Å². The molecule has 0 unspecified atom stereocenters. The molecule has 0 radical (unpaired) electrons. The highest BCUT2D eigenvalue weighted by atomic mass is 127. The molecule has 0 fully saturated rings. The molecular weight excluding hydrogens is 325 g/mol. The van der Waals surface area contributed by atoms with Crippen LogP contribution in [0.3, 0.4) is 0 Å². The van der Waals surface area contributed by atoms with E-state index < -0.39 is 10.0 Å². The van der Waals surface area contributed by atoms with Crippen LogP contribution in [-0.2, 0) is 10.0 Å². The van der Waals surface area contributed by atoms with Crippen molar-refractivity contribution in [2.24, 2.45) is 0 Å². The quantitative estimate of drug-likeness (QED) is 0.856. The van der Waals surface area contributed by atoms with Crippen molar-refractivity contribution in [3.63, 3.8) is 0 Å². The van der Waals surface area contributed by atoms with Crippen LogP contribution < -0.4 is 4.72 Å². The summed E-state index contributed by atoms with van der Waals surface area (Å²) in [6.07, 6.45) is 0.781. The normalized spacial score (nSPS) is 13.8. The van der Waals surface area contributed by atoms with Gasteiger partial charge >= 0.3 is 0 Å². The predicted molar refractivity (Wildman–Crippen MR) is 69.2 cm³/mol. The van der Waals surface area contributed by atoms with Crippen molar-refractivity contribution in [3.8, 4) is 0 Å². The largest absolute Gasteiger partial charge is 0.240 e. The van der Waals surface area contributed by atoms with E-state index in [0.29, 0.717) is 4.90 Å². The Morgan fingerprint density at radius 2 is 1.87 bits per heavy atom. The van der Waals surface area contributed by atoms with Crippen LogP contribution in [0.15, 0.2) is 29.2 Å². The fourth-order valence-corrected chi connectivity index (χ4v) is 2.72. The number of sulfonamides is 1. The average Bonchev–Trinajstić information content (AvgIpc) is 2.17. The maximum atomic E-state index is 11.8. The molecule has 0 amide bonds. The Morgan fingerprint density at radius 3 is 2.33 bits per heavy atom. The van der Waals surface area contributed by atoms with Gasteiger partial charge in [0.25, 0.3) is 0 Å². The van der Waals surface area contributed by atoms with E-state index in [9.17, 15) is 8.42 Å². The van der Waals surface area contributed by atoms with E-state index in [1.807, 2.05) is 13.8 Å². The molecule has 15 heavy (non-hydrogen) atoms. The highest BCUT2D eigenvalue weighted by Crippen LogP contribution is 2.12. The van der Waals surface area contributed by atoms with Gasteiger partial charge in [0.2, 0.25) is 10.0 Å². The molecule has 1 aromatic rings. The molecule has 5 heteroatoms. The summed E-state index contributed by atoms with van der Waals surface area (Å²) < 4.78 is 27.2. The molecule has 0 spiro atoms. The first-order valence-electron chi connectivity index (χ1n) is 4.73. The Labute approximate surface area is 104 Å². The highest BCUT2D eigenvalue weighted by Gasteiger charge is 2.15. The van der Waals surface area contributed by atoms with Gasteiger partial charge < -0.3 is 0 Å². The fraction of sp³-hybridized carbons (Fsp3) is 0.400. The topological polar surface area (TPSA) is 46.2 Å². The molecule has 1 atom stereocenters. The third-order valence-electron chi connectivity index (χ3n) is 2.09. The van der Waals surface area contributed by atoms with E-state index in [1.165, 1.54) is 0 Å². The number of nitrogens with one attached hydrogen (secondary N) is 1. The van der Waals surface area contributed by atoms with Gasteiger partial charge in [-0.25, -0.2) is 13.1 Å². The van der Waals surface area contributed by atoms with Crippen LogP contribution in [0.5, 0.6) is 0 Å². The van der Waals surface area contributed by atoms with Crippen LogP contribution in [0, 0.1) is 3.57 Å². The summed E-state index contributed by atoms with van der Waals surface area (Å²) >= 11 is 2.14. The minimum Gasteiger partial charge on any atom is -0.208 e. The van der Waals surface area contributed by atoms with Crippen molar-refractivity contribution in [2.45, 2.75) is 31.2 Å². The maximum absolute atomic E-state index is 11.8. The minimum absolute atomic E-state index is 0.0331. The van der Waals surface area contributed by atoms with Crippen LogP contribution in [0.2, 0.25) is 0 Å². The van der Waals surface area contributed by atoms with Gasteiger partial charge in [0.15, 0.2) is 0 Å². The third kappa shape index (κ3) is 3.73. The first-order valence-corrected chi connectivity index (χ1v) is 7.30.